The minimum absolute atomic E-state index is 0.103. The molecule has 0 spiro atoms. The second-order valence-electron chi connectivity index (χ2n) is 9.06. The zero-order chi connectivity index (χ0) is 22.9. The number of aliphatic hydroxyl groups excluding tert-OH is 1. The van der Waals surface area contributed by atoms with Crippen molar-refractivity contribution in [1.29, 1.82) is 0 Å². The summed E-state index contributed by atoms with van der Waals surface area (Å²) in [5.41, 5.74) is 4.82. The Bertz CT molecular complexity index is 1510. The molecule has 6 rings (SSSR count). The molecular formula is C25H23ClN4O3. The molecular weight excluding hydrogens is 440 g/mol. The number of hydrogen-bond donors (Lipinski definition) is 2. The van der Waals surface area contributed by atoms with Crippen molar-refractivity contribution < 1.29 is 9.90 Å². The number of carbonyl (C=O) groups excluding carboxylic acids is 1. The number of carbonyl (C=O) groups is 1. The number of benzene rings is 2. The van der Waals surface area contributed by atoms with E-state index in [-0.39, 0.29) is 17.4 Å². The molecule has 2 aromatic heterocycles. The summed E-state index contributed by atoms with van der Waals surface area (Å²) in [6.45, 7) is 2.50. The van der Waals surface area contributed by atoms with Crippen LogP contribution in [-0.2, 0) is 6.42 Å². The second-order valence-corrected chi connectivity index (χ2v) is 9.50. The first-order valence-corrected chi connectivity index (χ1v) is 11.6. The van der Waals surface area contributed by atoms with Crippen LogP contribution >= 0.6 is 11.6 Å². The molecule has 1 aliphatic carbocycles. The molecule has 2 N–H and O–H groups in total. The molecule has 0 radical (unpaired) electrons. The number of aliphatic hydroxyl groups is 1. The lowest BCUT2D eigenvalue weighted by molar-refractivity contribution is 0.0989. The largest absolute Gasteiger partial charge is 0.392 e. The third-order valence-corrected chi connectivity index (χ3v) is 7.31. The van der Waals surface area contributed by atoms with Crippen LogP contribution < -0.4 is 10.5 Å². The number of aromatic amines is 1. The number of imidazole rings is 1. The minimum Gasteiger partial charge on any atom is -0.392 e. The SMILES string of the molecule is Cc1cc2c(cc1C(=O)N1CCc3cc(Cl)ccc31)[nH]c(=O)c1cnc(C3CCCC3O)n12. The summed E-state index contributed by atoms with van der Waals surface area (Å²) in [6.07, 6.45) is 4.37. The molecule has 3 heterocycles. The van der Waals surface area contributed by atoms with Crippen molar-refractivity contribution in [1.82, 2.24) is 14.4 Å². The molecule has 7 nitrogen and oxygen atoms in total. The Kier molecular flexibility index (Phi) is 4.61. The van der Waals surface area contributed by atoms with Gasteiger partial charge in [-0.2, -0.15) is 0 Å². The molecule has 2 unspecified atom stereocenters. The van der Waals surface area contributed by atoms with Gasteiger partial charge in [-0.05, 0) is 67.6 Å². The monoisotopic (exact) mass is 462 g/mol. The summed E-state index contributed by atoms with van der Waals surface area (Å²) in [6, 6.07) is 9.28. The predicted octanol–water partition coefficient (Wildman–Crippen LogP) is 3.97. The Morgan fingerprint density at radius 3 is 2.85 bits per heavy atom. The number of amides is 1. The fourth-order valence-electron chi connectivity index (χ4n) is 5.40. The topological polar surface area (TPSA) is 90.7 Å². The average Bonchev–Trinajstić information content (AvgIpc) is 3.51. The van der Waals surface area contributed by atoms with Crippen molar-refractivity contribution in [2.45, 2.75) is 44.6 Å². The maximum Gasteiger partial charge on any atom is 0.274 e. The number of hydrogen-bond acceptors (Lipinski definition) is 4. The van der Waals surface area contributed by atoms with Gasteiger partial charge in [0.1, 0.15) is 11.3 Å². The zero-order valence-electron chi connectivity index (χ0n) is 18.1. The van der Waals surface area contributed by atoms with Crippen LogP contribution in [0.1, 0.15) is 52.5 Å². The lowest BCUT2D eigenvalue weighted by Crippen LogP contribution is -2.29. The van der Waals surface area contributed by atoms with E-state index in [1.54, 1.807) is 23.2 Å². The van der Waals surface area contributed by atoms with Gasteiger partial charge in [-0.1, -0.05) is 18.0 Å². The summed E-state index contributed by atoms with van der Waals surface area (Å²) >= 11 is 6.12. The molecule has 0 saturated heterocycles. The van der Waals surface area contributed by atoms with E-state index in [1.807, 2.05) is 29.5 Å². The van der Waals surface area contributed by atoms with Gasteiger partial charge in [0.25, 0.3) is 11.5 Å². The molecule has 0 bridgehead atoms. The molecule has 2 atom stereocenters. The first-order chi connectivity index (χ1) is 15.9. The van der Waals surface area contributed by atoms with Crippen molar-refractivity contribution in [2.24, 2.45) is 0 Å². The molecule has 33 heavy (non-hydrogen) atoms. The van der Waals surface area contributed by atoms with Crippen molar-refractivity contribution in [3.8, 4) is 0 Å². The van der Waals surface area contributed by atoms with E-state index < -0.39 is 6.10 Å². The van der Waals surface area contributed by atoms with E-state index in [4.69, 9.17) is 11.6 Å². The summed E-state index contributed by atoms with van der Waals surface area (Å²) in [5, 5.41) is 11.1. The smallest absolute Gasteiger partial charge is 0.274 e. The summed E-state index contributed by atoms with van der Waals surface area (Å²) in [5.74, 6) is 0.496. The normalized spacial score (nSPS) is 20.2. The van der Waals surface area contributed by atoms with Crippen LogP contribution in [0.2, 0.25) is 5.02 Å². The molecule has 8 heteroatoms. The van der Waals surface area contributed by atoms with Gasteiger partial charge in [0, 0.05) is 28.7 Å². The molecule has 4 aromatic rings. The molecule has 1 fully saturated rings. The van der Waals surface area contributed by atoms with Gasteiger partial charge < -0.3 is 15.0 Å². The fraction of sp³-hybridized carbons (Fsp3) is 0.320. The van der Waals surface area contributed by atoms with Gasteiger partial charge in [-0.15, -0.1) is 0 Å². The molecule has 1 aliphatic heterocycles. The van der Waals surface area contributed by atoms with E-state index in [0.717, 1.165) is 48.0 Å². The molecule has 1 amide bonds. The molecule has 2 aromatic carbocycles. The number of aryl methyl sites for hydroxylation is 1. The standard InChI is InChI=1S/C25H23ClN4O3/c1-13-9-20-18(11-17(13)25(33)29-8-7-14-10-15(26)5-6-19(14)29)28-24(32)21-12-27-23(30(20)21)16-3-2-4-22(16)31/h5-6,9-12,16,22,31H,2-4,7-8H2,1H3,(H,28,32). The van der Waals surface area contributed by atoms with Gasteiger partial charge in [0.05, 0.1) is 23.3 Å². The van der Waals surface area contributed by atoms with Crippen LogP contribution in [0, 0.1) is 6.92 Å². The second kappa shape index (κ2) is 7.43. The van der Waals surface area contributed by atoms with Crippen molar-refractivity contribution in [3.63, 3.8) is 0 Å². The van der Waals surface area contributed by atoms with Gasteiger partial charge >= 0.3 is 0 Å². The van der Waals surface area contributed by atoms with Crippen LogP contribution in [0.25, 0.3) is 16.6 Å². The quantitative estimate of drug-likeness (QED) is 0.471. The Hall–Kier alpha value is -3.16. The number of fused-ring (bicyclic) bond motifs is 4. The van der Waals surface area contributed by atoms with Gasteiger partial charge in [-0.3, -0.25) is 14.0 Å². The molecule has 2 aliphatic rings. The summed E-state index contributed by atoms with van der Waals surface area (Å²) in [7, 11) is 0. The van der Waals surface area contributed by atoms with E-state index >= 15 is 0 Å². The van der Waals surface area contributed by atoms with Gasteiger partial charge in [0.15, 0.2) is 0 Å². The van der Waals surface area contributed by atoms with Crippen LogP contribution in [0.15, 0.2) is 41.3 Å². The third kappa shape index (κ3) is 3.10. The number of nitrogens with zero attached hydrogens (tertiary/aromatic N) is 3. The highest BCUT2D eigenvalue weighted by molar-refractivity contribution is 6.30. The van der Waals surface area contributed by atoms with Crippen molar-refractivity contribution in [3.05, 3.63) is 74.4 Å². The summed E-state index contributed by atoms with van der Waals surface area (Å²) in [4.78, 5) is 35.6. The first-order valence-electron chi connectivity index (χ1n) is 11.2. The highest BCUT2D eigenvalue weighted by Crippen LogP contribution is 2.36. The number of halogens is 1. The van der Waals surface area contributed by atoms with Crippen LogP contribution in [0.4, 0.5) is 5.69 Å². The average molecular weight is 463 g/mol. The van der Waals surface area contributed by atoms with E-state index in [9.17, 15) is 14.7 Å². The third-order valence-electron chi connectivity index (χ3n) is 7.08. The highest BCUT2D eigenvalue weighted by atomic mass is 35.5. The van der Waals surface area contributed by atoms with Crippen LogP contribution in [-0.4, -0.2) is 38.0 Å². The number of nitrogens with one attached hydrogen (secondary N) is 1. The van der Waals surface area contributed by atoms with E-state index in [0.29, 0.717) is 34.0 Å². The van der Waals surface area contributed by atoms with E-state index in [1.165, 1.54) is 0 Å². The Morgan fingerprint density at radius 1 is 1.21 bits per heavy atom. The van der Waals surface area contributed by atoms with Gasteiger partial charge in [-0.25, -0.2) is 4.98 Å². The highest BCUT2D eigenvalue weighted by Gasteiger charge is 2.31. The lowest BCUT2D eigenvalue weighted by Gasteiger charge is -2.20. The van der Waals surface area contributed by atoms with Crippen LogP contribution in [0.3, 0.4) is 0 Å². The van der Waals surface area contributed by atoms with Gasteiger partial charge in [0.2, 0.25) is 0 Å². The number of rotatable bonds is 2. The zero-order valence-corrected chi connectivity index (χ0v) is 18.9. The van der Waals surface area contributed by atoms with E-state index in [2.05, 4.69) is 9.97 Å². The lowest BCUT2D eigenvalue weighted by atomic mass is 10.0. The maximum absolute atomic E-state index is 13.5. The number of H-pyrrole nitrogens is 1. The Balaban J connectivity index is 1.49. The minimum atomic E-state index is -0.462. The maximum atomic E-state index is 13.5. The molecule has 168 valence electrons. The van der Waals surface area contributed by atoms with Crippen molar-refractivity contribution >= 4 is 39.7 Å². The Morgan fingerprint density at radius 2 is 2.06 bits per heavy atom. The first kappa shape index (κ1) is 20.4. The van der Waals surface area contributed by atoms with Crippen LogP contribution in [0.5, 0.6) is 0 Å². The predicted molar refractivity (Wildman–Crippen MR) is 127 cm³/mol. The number of aromatic nitrogens is 3. The van der Waals surface area contributed by atoms with Crippen molar-refractivity contribution in [2.75, 3.05) is 11.4 Å². The fourth-order valence-corrected chi connectivity index (χ4v) is 5.60. The summed E-state index contributed by atoms with van der Waals surface area (Å²) < 4.78 is 1.85. The Labute approximate surface area is 194 Å². The number of anilines is 1. The molecule has 1 saturated carbocycles.